The van der Waals surface area contributed by atoms with Crippen molar-refractivity contribution >= 4 is 23.8 Å². The molecule has 1 rings (SSSR count). The molecule has 1 aliphatic heterocycles. The first-order valence-corrected chi connectivity index (χ1v) is 11.7. The molecule has 1 aliphatic rings. The highest BCUT2D eigenvalue weighted by Crippen LogP contribution is 2.37. The predicted molar refractivity (Wildman–Crippen MR) is 128 cm³/mol. The number of hydrogen-bond acceptors (Lipinski definition) is 8. The third-order valence-corrected chi connectivity index (χ3v) is 5.21. The van der Waals surface area contributed by atoms with Crippen LogP contribution in [0.4, 0.5) is 4.79 Å². The van der Waals surface area contributed by atoms with Crippen molar-refractivity contribution < 1.29 is 38.1 Å². The molecule has 0 spiro atoms. The van der Waals surface area contributed by atoms with Crippen molar-refractivity contribution in [3.63, 3.8) is 0 Å². The summed E-state index contributed by atoms with van der Waals surface area (Å²) in [5.41, 5.74) is -1.65. The SMILES string of the molecule is C#CC(=O)[C@@H]1C[C@H](C(=O)OC(C)(C)C)N(C(=O)OC(C)(C)C)[C@@H]1CC(CC)OC(NC(C)=O)OC. The summed E-state index contributed by atoms with van der Waals surface area (Å²) >= 11 is 0. The summed E-state index contributed by atoms with van der Waals surface area (Å²) in [6.07, 6.45) is 3.70. The monoisotopic (exact) mass is 496 g/mol. The lowest BCUT2D eigenvalue weighted by Gasteiger charge is -2.35. The number of esters is 1. The van der Waals surface area contributed by atoms with Gasteiger partial charge in [0, 0.05) is 20.1 Å². The van der Waals surface area contributed by atoms with Crippen LogP contribution in [-0.4, -0.2) is 71.6 Å². The number of ether oxygens (including phenoxy) is 4. The highest BCUT2D eigenvalue weighted by Gasteiger charge is 2.52. The number of methoxy groups -OCH3 is 1. The number of likely N-dealkylation sites (tertiary alicyclic amines) is 1. The van der Waals surface area contributed by atoms with E-state index in [-0.39, 0.29) is 18.7 Å². The van der Waals surface area contributed by atoms with Crippen molar-refractivity contribution in [2.45, 2.75) is 110 Å². The number of nitrogens with zero attached hydrogens (tertiary/aromatic N) is 1. The number of ketones is 1. The Labute approximate surface area is 208 Å². The average Bonchev–Trinajstić information content (AvgIpc) is 3.08. The van der Waals surface area contributed by atoms with Gasteiger partial charge < -0.3 is 24.3 Å². The topological polar surface area (TPSA) is 120 Å². The van der Waals surface area contributed by atoms with Crippen LogP contribution in [0.15, 0.2) is 0 Å². The molecule has 2 unspecified atom stereocenters. The van der Waals surface area contributed by atoms with Gasteiger partial charge >= 0.3 is 12.1 Å². The molecule has 0 saturated carbocycles. The predicted octanol–water partition coefficient (Wildman–Crippen LogP) is 2.78. The molecule has 1 N–H and O–H groups in total. The lowest BCUT2D eigenvalue weighted by atomic mass is 9.90. The van der Waals surface area contributed by atoms with Gasteiger partial charge in [0.2, 0.25) is 18.1 Å². The summed E-state index contributed by atoms with van der Waals surface area (Å²) in [4.78, 5) is 51.9. The molecule has 10 nitrogen and oxygen atoms in total. The van der Waals surface area contributed by atoms with Gasteiger partial charge in [0.1, 0.15) is 17.2 Å². The number of amides is 2. The third kappa shape index (κ3) is 9.49. The van der Waals surface area contributed by atoms with Crippen LogP contribution in [0.25, 0.3) is 0 Å². The van der Waals surface area contributed by atoms with Gasteiger partial charge in [-0.3, -0.25) is 14.5 Å². The Hall–Kier alpha value is -2.64. The van der Waals surface area contributed by atoms with E-state index in [1.807, 2.05) is 6.92 Å². The Morgan fingerprint density at radius 3 is 2.09 bits per heavy atom. The highest BCUT2D eigenvalue weighted by molar-refractivity contribution is 5.99. The summed E-state index contributed by atoms with van der Waals surface area (Å²) in [5.74, 6) is -0.236. The van der Waals surface area contributed by atoms with Gasteiger partial charge in [0.05, 0.1) is 12.0 Å². The van der Waals surface area contributed by atoms with Crippen molar-refractivity contribution in [1.29, 1.82) is 0 Å². The Morgan fingerprint density at radius 1 is 1.09 bits per heavy atom. The number of carbonyl (C=O) groups excluding carboxylic acids is 4. The van der Waals surface area contributed by atoms with Crippen molar-refractivity contribution in [1.82, 2.24) is 10.2 Å². The molecule has 0 aliphatic carbocycles. The van der Waals surface area contributed by atoms with E-state index in [1.54, 1.807) is 41.5 Å². The molecule has 10 heteroatoms. The van der Waals surface area contributed by atoms with Gasteiger partial charge in [-0.1, -0.05) is 6.92 Å². The van der Waals surface area contributed by atoms with Gasteiger partial charge in [0.25, 0.3) is 0 Å². The zero-order valence-corrected chi connectivity index (χ0v) is 22.3. The number of rotatable bonds is 9. The molecule has 5 atom stereocenters. The second-order valence-corrected chi connectivity index (χ2v) is 10.5. The lowest BCUT2D eigenvalue weighted by Crippen LogP contribution is -2.51. The molecule has 2 amide bonds. The summed E-state index contributed by atoms with van der Waals surface area (Å²) in [6, 6.07) is -1.87. The minimum atomic E-state index is -1.07. The minimum Gasteiger partial charge on any atom is -0.458 e. The first kappa shape index (κ1) is 30.4. The molecule has 1 fully saturated rings. The van der Waals surface area contributed by atoms with E-state index in [0.717, 1.165) is 0 Å². The van der Waals surface area contributed by atoms with Crippen LogP contribution < -0.4 is 5.32 Å². The maximum Gasteiger partial charge on any atom is 0.411 e. The molecule has 198 valence electrons. The average molecular weight is 497 g/mol. The Morgan fingerprint density at radius 2 is 1.66 bits per heavy atom. The van der Waals surface area contributed by atoms with Gasteiger partial charge in [-0.15, -0.1) is 6.42 Å². The molecule has 35 heavy (non-hydrogen) atoms. The Balaban J connectivity index is 3.40. The number of carbonyl (C=O) groups is 4. The fraction of sp³-hybridized carbons (Fsp3) is 0.760. The molecule has 0 aromatic carbocycles. The van der Waals surface area contributed by atoms with Gasteiger partial charge in [-0.2, -0.15) is 0 Å². The van der Waals surface area contributed by atoms with Gasteiger partial charge in [-0.05, 0) is 66.7 Å². The van der Waals surface area contributed by atoms with E-state index in [0.29, 0.717) is 6.42 Å². The summed E-state index contributed by atoms with van der Waals surface area (Å²) in [6.45, 7) is 13.4. The second kappa shape index (κ2) is 12.4. The second-order valence-electron chi connectivity index (χ2n) is 10.5. The molecule has 0 bridgehead atoms. The fourth-order valence-corrected chi connectivity index (χ4v) is 3.84. The normalized spacial score (nSPS) is 22.1. The van der Waals surface area contributed by atoms with Gasteiger partial charge in [-0.25, -0.2) is 9.59 Å². The zero-order valence-electron chi connectivity index (χ0n) is 22.3. The smallest absolute Gasteiger partial charge is 0.411 e. The van der Waals surface area contributed by atoms with E-state index in [1.165, 1.54) is 18.9 Å². The molecule has 0 aromatic heterocycles. The molecule has 0 aromatic rings. The number of hydrogen-bond donors (Lipinski definition) is 1. The van der Waals surface area contributed by atoms with Crippen LogP contribution in [0, 0.1) is 18.3 Å². The Bertz CT molecular complexity index is 821. The Kier molecular flexibility index (Phi) is 10.7. The number of nitrogens with one attached hydrogen (secondary N) is 1. The van der Waals surface area contributed by atoms with Crippen molar-refractivity contribution in [3.05, 3.63) is 0 Å². The van der Waals surface area contributed by atoms with E-state index < -0.39 is 59.6 Å². The lowest BCUT2D eigenvalue weighted by molar-refractivity contribution is -0.182. The molecule has 1 saturated heterocycles. The van der Waals surface area contributed by atoms with Crippen LogP contribution in [0.3, 0.4) is 0 Å². The first-order valence-electron chi connectivity index (χ1n) is 11.7. The molecule has 1 heterocycles. The van der Waals surface area contributed by atoms with E-state index >= 15 is 0 Å². The van der Waals surface area contributed by atoms with Crippen LogP contribution >= 0.6 is 0 Å². The zero-order chi connectivity index (χ0) is 27.1. The third-order valence-electron chi connectivity index (χ3n) is 5.21. The standard InChI is InChI=1S/C25H40N2O8/c1-11-16(33-22(32-10)26-15(3)28)13-18-17(20(29)12-2)14-19(21(30)34-24(4,5)6)27(18)23(31)35-25(7,8)9/h2,16-19,22H,11,13-14H2,1,3-10H3,(H,26,28)/t16?,17-,18-,19-,22?/m1/s1. The number of terminal acetylenes is 1. The van der Waals surface area contributed by atoms with Crippen LogP contribution in [0.2, 0.25) is 0 Å². The first-order chi connectivity index (χ1) is 16.0. The maximum atomic E-state index is 13.3. The maximum absolute atomic E-state index is 13.3. The van der Waals surface area contributed by atoms with Crippen molar-refractivity contribution in [3.8, 4) is 12.3 Å². The summed E-state index contributed by atoms with van der Waals surface area (Å²) < 4.78 is 22.2. The van der Waals surface area contributed by atoms with Crippen LogP contribution in [0.1, 0.15) is 74.7 Å². The molecular weight excluding hydrogens is 456 g/mol. The number of Topliss-reactive ketones (excluding diaryl/α,β-unsaturated/α-hetero) is 1. The molecular formula is C25H40N2O8. The van der Waals surface area contributed by atoms with E-state index in [4.69, 9.17) is 25.4 Å². The quantitative estimate of drug-likeness (QED) is 0.224. The van der Waals surface area contributed by atoms with Crippen molar-refractivity contribution in [2.24, 2.45) is 5.92 Å². The highest BCUT2D eigenvalue weighted by atomic mass is 16.7. The summed E-state index contributed by atoms with van der Waals surface area (Å²) in [5, 5.41) is 2.52. The minimum absolute atomic E-state index is 0.00229. The van der Waals surface area contributed by atoms with Crippen LogP contribution in [-0.2, 0) is 33.3 Å². The molecule has 0 radical (unpaired) electrons. The van der Waals surface area contributed by atoms with E-state index in [9.17, 15) is 19.2 Å². The largest absolute Gasteiger partial charge is 0.458 e. The van der Waals surface area contributed by atoms with Gasteiger partial charge in [0.15, 0.2) is 0 Å². The van der Waals surface area contributed by atoms with Crippen molar-refractivity contribution in [2.75, 3.05) is 7.11 Å². The fourth-order valence-electron chi connectivity index (χ4n) is 3.84. The van der Waals surface area contributed by atoms with E-state index in [2.05, 4.69) is 11.2 Å². The summed E-state index contributed by atoms with van der Waals surface area (Å²) in [7, 11) is 1.37. The van der Waals surface area contributed by atoms with Crippen LogP contribution in [0.5, 0.6) is 0 Å².